The molecule has 0 bridgehead atoms. The van der Waals surface area contributed by atoms with E-state index in [1.165, 1.54) is 25.3 Å². The number of methoxy groups -OCH3 is 1. The van der Waals surface area contributed by atoms with Gasteiger partial charge in [0.05, 0.1) is 23.4 Å². The SMILES string of the molecule is COC(=O)c1ccc(Cl)c(NC(=O)COc2cc(C)cc(C)c2)c1. The van der Waals surface area contributed by atoms with Crippen molar-refractivity contribution in [1.82, 2.24) is 0 Å². The fourth-order valence-electron chi connectivity index (χ4n) is 2.22. The fraction of sp³-hybridized carbons (Fsp3) is 0.222. The van der Waals surface area contributed by atoms with Gasteiger partial charge >= 0.3 is 5.97 Å². The average Bonchev–Trinajstić information content (AvgIpc) is 2.53. The standard InChI is InChI=1S/C18H18ClNO4/c1-11-6-12(2)8-14(7-11)24-10-17(21)20-16-9-13(18(22)23-3)4-5-15(16)19/h4-9H,10H2,1-3H3,(H,20,21). The van der Waals surface area contributed by atoms with Crippen LogP contribution in [0.1, 0.15) is 21.5 Å². The molecule has 0 saturated carbocycles. The predicted octanol–water partition coefficient (Wildman–Crippen LogP) is 3.76. The van der Waals surface area contributed by atoms with Crippen LogP contribution >= 0.6 is 11.6 Å². The lowest BCUT2D eigenvalue weighted by atomic mass is 10.1. The summed E-state index contributed by atoms with van der Waals surface area (Å²) in [5.41, 5.74) is 2.74. The Labute approximate surface area is 145 Å². The highest BCUT2D eigenvalue weighted by Crippen LogP contribution is 2.23. The van der Waals surface area contributed by atoms with Crippen molar-refractivity contribution in [2.24, 2.45) is 0 Å². The number of amides is 1. The Bertz CT molecular complexity index is 753. The molecule has 2 aromatic carbocycles. The van der Waals surface area contributed by atoms with Crippen LogP contribution in [-0.2, 0) is 9.53 Å². The van der Waals surface area contributed by atoms with Crippen LogP contribution in [0, 0.1) is 13.8 Å². The molecule has 5 nitrogen and oxygen atoms in total. The zero-order valence-electron chi connectivity index (χ0n) is 13.7. The summed E-state index contributed by atoms with van der Waals surface area (Å²) >= 11 is 6.04. The first-order valence-corrected chi connectivity index (χ1v) is 7.65. The van der Waals surface area contributed by atoms with Crippen molar-refractivity contribution in [2.45, 2.75) is 13.8 Å². The number of benzene rings is 2. The number of anilines is 1. The lowest BCUT2D eigenvalue weighted by molar-refractivity contribution is -0.118. The Morgan fingerprint density at radius 2 is 1.75 bits per heavy atom. The zero-order chi connectivity index (χ0) is 17.7. The first-order chi connectivity index (χ1) is 11.4. The molecule has 0 radical (unpaired) electrons. The third-order valence-electron chi connectivity index (χ3n) is 3.23. The Hall–Kier alpha value is -2.53. The summed E-state index contributed by atoms with van der Waals surface area (Å²) in [5, 5.41) is 2.95. The highest BCUT2D eigenvalue weighted by Gasteiger charge is 2.12. The van der Waals surface area contributed by atoms with Crippen molar-refractivity contribution in [2.75, 3.05) is 19.0 Å². The maximum absolute atomic E-state index is 12.0. The summed E-state index contributed by atoms with van der Waals surface area (Å²) in [6, 6.07) is 10.2. The van der Waals surface area contributed by atoms with Gasteiger partial charge in [-0.15, -0.1) is 0 Å². The number of hydrogen-bond donors (Lipinski definition) is 1. The van der Waals surface area contributed by atoms with Crippen molar-refractivity contribution in [3.63, 3.8) is 0 Å². The van der Waals surface area contributed by atoms with Crippen molar-refractivity contribution in [1.29, 1.82) is 0 Å². The molecule has 0 aromatic heterocycles. The molecule has 6 heteroatoms. The number of carbonyl (C=O) groups excluding carboxylic acids is 2. The van der Waals surface area contributed by atoms with Crippen LogP contribution in [0.4, 0.5) is 5.69 Å². The van der Waals surface area contributed by atoms with Crippen LogP contribution in [0.15, 0.2) is 36.4 Å². The lowest BCUT2D eigenvalue weighted by Crippen LogP contribution is -2.20. The maximum atomic E-state index is 12.0. The minimum Gasteiger partial charge on any atom is -0.484 e. The second kappa shape index (κ2) is 7.84. The summed E-state index contributed by atoms with van der Waals surface area (Å²) in [7, 11) is 1.28. The van der Waals surface area contributed by atoms with Gasteiger partial charge in [0.25, 0.3) is 5.91 Å². The lowest BCUT2D eigenvalue weighted by Gasteiger charge is -2.11. The smallest absolute Gasteiger partial charge is 0.337 e. The Kier molecular flexibility index (Phi) is 5.82. The Balaban J connectivity index is 2.03. The average molecular weight is 348 g/mol. The first kappa shape index (κ1) is 17.8. The molecular formula is C18H18ClNO4. The molecule has 0 aliphatic heterocycles. The van der Waals surface area contributed by atoms with Crippen molar-refractivity contribution in [3.05, 3.63) is 58.1 Å². The topological polar surface area (TPSA) is 64.6 Å². The van der Waals surface area contributed by atoms with Crippen LogP contribution in [0.3, 0.4) is 0 Å². The second-order valence-corrected chi connectivity index (χ2v) is 5.75. The van der Waals surface area contributed by atoms with Crippen molar-refractivity contribution >= 4 is 29.2 Å². The summed E-state index contributed by atoms with van der Waals surface area (Å²) in [4.78, 5) is 23.6. The maximum Gasteiger partial charge on any atom is 0.337 e. The highest BCUT2D eigenvalue weighted by molar-refractivity contribution is 6.33. The number of nitrogens with one attached hydrogen (secondary N) is 1. The molecule has 0 aliphatic rings. The molecule has 2 aromatic rings. The van der Waals surface area contributed by atoms with Crippen LogP contribution in [0.5, 0.6) is 5.75 Å². The largest absolute Gasteiger partial charge is 0.484 e. The predicted molar refractivity (Wildman–Crippen MR) is 92.8 cm³/mol. The normalized spacial score (nSPS) is 10.2. The first-order valence-electron chi connectivity index (χ1n) is 7.28. The van der Waals surface area contributed by atoms with Crippen LogP contribution < -0.4 is 10.1 Å². The summed E-state index contributed by atoms with van der Waals surface area (Å²) in [6.07, 6.45) is 0. The van der Waals surface area contributed by atoms with Gasteiger partial charge in [0, 0.05) is 0 Å². The van der Waals surface area contributed by atoms with E-state index in [-0.39, 0.29) is 12.5 Å². The van der Waals surface area contributed by atoms with Crippen molar-refractivity contribution in [3.8, 4) is 5.75 Å². The van der Waals surface area contributed by atoms with E-state index in [0.29, 0.717) is 22.0 Å². The minimum absolute atomic E-state index is 0.165. The molecule has 0 saturated heterocycles. The summed E-state index contributed by atoms with van der Waals surface area (Å²) in [5.74, 6) is -0.260. The Morgan fingerprint density at radius 3 is 2.38 bits per heavy atom. The third kappa shape index (κ3) is 4.73. The van der Waals surface area contributed by atoms with Gasteiger partial charge in [-0.2, -0.15) is 0 Å². The van der Waals surface area contributed by atoms with E-state index in [0.717, 1.165) is 11.1 Å². The highest BCUT2D eigenvalue weighted by atomic mass is 35.5. The molecule has 0 spiro atoms. The molecule has 1 N–H and O–H groups in total. The van der Waals surface area contributed by atoms with Crippen LogP contribution in [-0.4, -0.2) is 25.6 Å². The van der Waals surface area contributed by atoms with Gasteiger partial charge in [-0.3, -0.25) is 4.79 Å². The number of esters is 1. The van der Waals surface area contributed by atoms with Gasteiger partial charge < -0.3 is 14.8 Å². The molecule has 2 rings (SSSR count). The molecular weight excluding hydrogens is 330 g/mol. The number of ether oxygens (including phenoxy) is 2. The third-order valence-corrected chi connectivity index (χ3v) is 3.56. The van der Waals surface area contributed by atoms with E-state index in [4.69, 9.17) is 16.3 Å². The van der Waals surface area contributed by atoms with Gasteiger partial charge in [0.15, 0.2) is 6.61 Å². The van der Waals surface area contributed by atoms with Gasteiger partial charge in [-0.25, -0.2) is 4.79 Å². The van der Waals surface area contributed by atoms with E-state index < -0.39 is 5.97 Å². The number of halogens is 1. The van der Waals surface area contributed by atoms with Crippen LogP contribution in [0.2, 0.25) is 5.02 Å². The number of hydrogen-bond acceptors (Lipinski definition) is 4. The van der Waals surface area contributed by atoms with Crippen LogP contribution in [0.25, 0.3) is 0 Å². The minimum atomic E-state index is -0.506. The molecule has 0 fully saturated rings. The Morgan fingerprint density at radius 1 is 1.08 bits per heavy atom. The molecule has 1 amide bonds. The number of rotatable bonds is 5. The van der Waals surface area contributed by atoms with E-state index in [9.17, 15) is 9.59 Å². The molecule has 0 unspecified atom stereocenters. The molecule has 0 heterocycles. The zero-order valence-corrected chi connectivity index (χ0v) is 14.4. The van der Waals surface area contributed by atoms with E-state index >= 15 is 0 Å². The summed E-state index contributed by atoms with van der Waals surface area (Å²) in [6.45, 7) is 3.75. The van der Waals surface area contributed by atoms with E-state index in [1.54, 1.807) is 0 Å². The van der Waals surface area contributed by atoms with E-state index in [1.807, 2.05) is 32.0 Å². The van der Waals surface area contributed by atoms with Crippen molar-refractivity contribution < 1.29 is 19.1 Å². The quantitative estimate of drug-likeness (QED) is 0.836. The van der Waals surface area contributed by atoms with Gasteiger partial charge in [-0.05, 0) is 55.3 Å². The van der Waals surface area contributed by atoms with Gasteiger partial charge in [0.2, 0.25) is 0 Å². The van der Waals surface area contributed by atoms with E-state index in [2.05, 4.69) is 10.1 Å². The molecule has 0 atom stereocenters. The molecule has 126 valence electrons. The van der Waals surface area contributed by atoms with Gasteiger partial charge in [0.1, 0.15) is 5.75 Å². The molecule has 24 heavy (non-hydrogen) atoms. The summed E-state index contributed by atoms with van der Waals surface area (Å²) < 4.78 is 10.1. The number of carbonyl (C=O) groups is 2. The number of aryl methyl sites for hydroxylation is 2. The second-order valence-electron chi connectivity index (χ2n) is 5.35. The fourth-order valence-corrected chi connectivity index (χ4v) is 2.38. The monoisotopic (exact) mass is 347 g/mol. The molecule has 0 aliphatic carbocycles. The van der Waals surface area contributed by atoms with Gasteiger partial charge in [-0.1, -0.05) is 17.7 Å².